The van der Waals surface area contributed by atoms with Crippen LogP contribution in [0.1, 0.15) is 39.2 Å². The minimum Gasteiger partial charge on any atom is -0.388 e. The number of benzene rings is 1. The molecule has 0 heterocycles. The summed E-state index contributed by atoms with van der Waals surface area (Å²) in [6.45, 7) is 6.48. The summed E-state index contributed by atoms with van der Waals surface area (Å²) < 4.78 is 0. The van der Waals surface area contributed by atoms with Crippen LogP contribution >= 0.6 is 11.8 Å². The summed E-state index contributed by atoms with van der Waals surface area (Å²) >= 11 is 1.82. The van der Waals surface area contributed by atoms with Crippen LogP contribution in [-0.2, 0) is 11.2 Å². The molecule has 1 saturated carbocycles. The summed E-state index contributed by atoms with van der Waals surface area (Å²) in [4.78, 5) is 13.2. The Labute approximate surface area is 131 Å². The number of hydrogen-bond acceptors (Lipinski definition) is 3. The zero-order chi connectivity index (χ0) is 15.5. The summed E-state index contributed by atoms with van der Waals surface area (Å²) in [5.74, 6) is 0.324. The van der Waals surface area contributed by atoms with E-state index in [1.807, 2.05) is 30.8 Å². The van der Waals surface area contributed by atoms with E-state index in [0.717, 1.165) is 18.4 Å². The van der Waals surface area contributed by atoms with E-state index in [1.165, 1.54) is 4.90 Å². The van der Waals surface area contributed by atoms with Crippen molar-refractivity contribution in [2.45, 2.75) is 55.8 Å². The Morgan fingerprint density at radius 1 is 1.38 bits per heavy atom. The maximum Gasteiger partial charge on any atom is 0.224 e. The standard InChI is InChI=1S/C17H25NO2S/c1-12(2)21-15-8-4-13(5-9-15)10-16(19)18-11-17(3,20)14-6-7-14/h4-5,8-9,12,14,20H,6-7,10-11H2,1-3H3,(H,18,19). The topological polar surface area (TPSA) is 49.3 Å². The van der Waals surface area contributed by atoms with Crippen molar-refractivity contribution in [1.82, 2.24) is 5.32 Å². The van der Waals surface area contributed by atoms with Gasteiger partial charge < -0.3 is 10.4 Å². The first kappa shape index (κ1) is 16.4. The molecule has 21 heavy (non-hydrogen) atoms. The van der Waals surface area contributed by atoms with Gasteiger partial charge in [-0.2, -0.15) is 0 Å². The van der Waals surface area contributed by atoms with Crippen molar-refractivity contribution >= 4 is 17.7 Å². The van der Waals surface area contributed by atoms with Crippen molar-refractivity contribution < 1.29 is 9.90 Å². The third-order valence-corrected chi connectivity index (χ3v) is 4.78. The maximum absolute atomic E-state index is 11.9. The average Bonchev–Trinajstić information content (AvgIpc) is 3.23. The molecule has 0 saturated heterocycles. The number of rotatable bonds is 7. The van der Waals surface area contributed by atoms with Crippen LogP contribution in [0.5, 0.6) is 0 Å². The van der Waals surface area contributed by atoms with Crippen molar-refractivity contribution in [3.05, 3.63) is 29.8 Å². The van der Waals surface area contributed by atoms with Gasteiger partial charge in [0.25, 0.3) is 0 Å². The molecule has 2 rings (SSSR count). The van der Waals surface area contributed by atoms with Crippen LogP contribution in [0.25, 0.3) is 0 Å². The molecule has 2 N–H and O–H groups in total. The molecule has 1 aromatic carbocycles. The molecule has 1 aliphatic carbocycles. The fourth-order valence-corrected chi connectivity index (χ4v) is 3.17. The van der Waals surface area contributed by atoms with Gasteiger partial charge in [0.1, 0.15) is 0 Å². The average molecular weight is 307 g/mol. The van der Waals surface area contributed by atoms with Gasteiger partial charge in [-0.1, -0.05) is 26.0 Å². The second-order valence-corrected chi connectivity index (χ2v) is 8.05. The Morgan fingerprint density at radius 2 is 2.00 bits per heavy atom. The van der Waals surface area contributed by atoms with Gasteiger partial charge >= 0.3 is 0 Å². The Kier molecular flexibility index (Phi) is 5.33. The third-order valence-electron chi connectivity index (χ3n) is 3.76. The number of nitrogens with one attached hydrogen (secondary N) is 1. The summed E-state index contributed by atoms with van der Waals surface area (Å²) in [6, 6.07) is 8.13. The maximum atomic E-state index is 11.9. The van der Waals surface area contributed by atoms with Gasteiger partial charge in [-0.15, -0.1) is 11.8 Å². The fraction of sp³-hybridized carbons (Fsp3) is 0.588. The lowest BCUT2D eigenvalue weighted by Gasteiger charge is -2.23. The van der Waals surface area contributed by atoms with Crippen molar-refractivity contribution in [3.63, 3.8) is 0 Å². The first-order valence-electron chi connectivity index (χ1n) is 7.61. The highest BCUT2D eigenvalue weighted by atomic mass is 32.2. The lowest BCUT2D eigenvalue weighted by atomic mass is 10.0. The third kappa shape index (κ3) is 5.36. The molecule has 1 aromatic rings. The summed E-state index contributed by atoms with van der Waals surface area (Å²) in [6.07, 6.45) is 2.50. The smallest absolute Gasteiger partial charge is 0.224 e. The van der Waals surface area contributed by atoms with Crippen LogP contribution in [0.2, 0.25) is 0 Å². The van der Waals surface area contributed by atoms with Crippen molar-refractivity contribution in [1.29, 1.82) is 0 Å². The zero-order valence-corrected chi connectivity index (χ0v) is 13.9. The lowest BCUT2D eigenvalue weighted by molar-refractivity contribution is -0.121. The fourth-order valence-electron chi connectivity index (χ4n) is 2.33. The zero-order valence-electron chi connectivity index (χ0n) is 13.1. The normalized spacial score (nSPS) is 17.6. The molecule has 3 nitrogen and oxygen atoms in total. The minimum atomic E-state index is -0.757. The van der Waals surface area contributed by atoms with Gasteiger partial charge in [0.2, 0.25) is 5.91 Å². The van der Waals surface area contributed by atoms with Gasteiger partial charge in [0, 0.05) is 16.7 Å². The first-order chi connectivity index (χ1) is 9.87. The number of carbonyl (C=O) groups is 1. The van der Waals surface area contributed by atoms with Gasteiger partial charge in [-0.3, -0.25) is 4.79 Å². The molecule has 0 aromatic heterocycles. The molecular formula is C17H25NO2S. The Morgan fingerprint density at radius 3 is 2.52 bits per heavy atom. The van der Waals surface area contributed by atoms with E-state index >= 15 is 0 Å². The van der Waals surface area contributed by atoms with Crippen molar-refractivity contribution in [3.8, 4) is 0 Å². The van der Waals surface area contributed by atoms with Gasteiger partial charge in [0.05, 0.1) is 12.0 Å². The highest BCUT2D eigenvalue weighted by Crippen LogP contribution is 2.38. The van der Waals surface area contributed by atoms with Crippen LogP contribution in [-0.4, -0.2) is 28.4 Å². The predicted molar refractivity (Wildman–Crippen MR) is 87.5 cm³/mol. The summed E-state index contributed by atoms with van der Waals surface area (Å²) in [7, 11) is 0. The van der Waals surface area contributed by atoms with Crippen molar-refractivity contribution in [2.24, 2.45) is 5.92 Å². The van der Waals surface area contributed by atoms with E-state index in [2.05, 4.69) is 31.3 Å². The molecule has 0 bridgehead atoms. The predicted octanol–water partition coefficient (Wildman–Crippen LogP) is 3.01. The molecule has 1 unspecified atom stereocenters. The minimum absolute atomic E-state index is 0.0276. The highest BCUT2D eigenvalue weighted by Gasteiger charge is 2.39. The first-order valence-corrected chi connectivity index (χ1v) is 8.49. The molecule has 0 spiro atoms. The number of carbonyl (C=O) groups excluding carboxylic acids is 1. The van der Waals surface area contributed by atoms with Crippen LogP contribution in [0.3, 0.4) is 0 Å². The van der Waals surface area contributed by atoms with E-state index in [-0.39, 0.29) is 5.91 Å². The van der Waals surface area contributed by atoms with Crippen LogP contribution < -0.4 is 5.32 Å². The van der Waals surface area contributed by atoms with E-state index in [1.54, 1.807) is 0 Å². The molecule has 1 aliphatic rings. The van der Waals surface area contributed by atoms with E-state index in [4.69, 9.17) is 0 Å². The molecule has 1 amide bonds. The quantitative estimate of drug-likeness (QED) is 0.761. The Bertz CT molecular complexity index is 478. The molecule has 0 radical (unpaired) electrons. The second-order valence-electron chi connectivity index (χ2n) is 6.40. The SMILES string of the molecule is CC(C)Sc1ccc(CC(=O)NCC(C)(O)C2CC2)cc1. The van der Waals surface area contributed by atoms with Crippen LogP contribution in [0, 0.1) is 5.92 Å². The molecule has 116 valence electrons. The summed E-state index contributed by atoms with van der Waals surface area (Å²) in [5, 5.41) is 13.6. The van der Waals surface area contributed by atoms with E-state index < -0.39 is 5.60 Å². The molecule has 4 heteroatoms. The van der Waals surface area contributed by atoms with Crippen LogP contribution in [0.15, 0.2) is 29.2 Å². The summed E-state index contributed by atoms with van der Waals surface area (Å²) in [5.41, 5.74) is 0.250. The van der Waals surface area contributed by atoms with E-state index in [9.17, 15) is 9.90 Å². The number of aliphatic hydroxyl groups is 1. The van der Waals surface area contributed by atoms with E-state index in [0.29, 0.717) is 24.1 Å². The largest absolute Gasteiger partial charge is 0.388 e. The van der Waals surface area contributed by atoms with Crippen LogP contribution in [0.4, 0.5) is 0 Å². The monoisotopic (exact) mass is 307 g/mol. The molecule has 1 atom stereocenters. The lowest BCUT2D eigenvalue weighted by Crippen LogP contribution is -2.42. The van der Waals surface area contributed by atoms with Crippen molar-refractivity contribution in [2.75, 3.05) is 6.54 Å². The number of amides is 1. The Hall–Kier alpha value is -1.00. The molecular weight excluding hydrogens is 282 g/mol. The molecule has 1 fully saturated rings. The highest BCUT2D eigenvalue weighted by molar-refractivity contribution is 7.99. The number of thioether (sulfide) groups is 1. The number of hydrogen-bond donors (Lipinski definition) is 2. The van der Waals surface area contributed by atoms with Gasteiger partial charge in [0.15, 0.2) is 0 Å². The van der Waals surface area contributed by atoms with Gasteiger partial charge in [-0.25, -0.2) is 0 Å². The van der Waals surface area contributed by atoms with Gasteiger partial charge in [-0.05, 0) is 43.4 Å². The second kappa shape index (κ2) is 6.84. The molecule has 0 aliphatic heterocycles. The Balaban J connectivity index is 1.79.